The van der Waals surface area contributed by atoms with Crippen molar-refractivity contribution in [2.75, 3.05) is 0 Å². The maximum atomic E-state index is 10.3. The smallest absolute Gasteiger partial charge is 0.120 e. The van der Waals surface area contributed by atoms with Crippen molar-refractivity contribution in [1.82, 2.24) is 0 Å². The summed E-state index contributed by atoms with van der Waals surface area (Å²) in [5.74, 6) is 0.750. The van der Waals surface area contributed by atoms with Gasteiger partial charge in [0.05, 0.1) is 0 Å². The second kappa shape index (κ2) is 4.41. The maximum absolute atomic E-state index is 10.3. The molecule has 0 saturated heterocycles. The van der Waals surface area contributed by atoms with E-state index in [0.717, 1.165) is 18.6 Å². The lowest BCUT2D eigenvalue weighted by atomic mass is 9.81. The van der Waals surface area contributed by atoms with Gasteiger partial charge in [-0.25, -0.2) is 0 Å². The van der Waals surface area contributed by atoms with Crippen LogP contribution in [-0.4, -0.2) is 6.29 Å². The minimum Gasteiger partial charge on any atom is -0.303 e. The van der Waals surface area contributed by atoms with Crippen LogP contribution in [0, 0.1) is 5.92 Å². The Balaban J connectivity index is 2.06. The van der Waals surface area contributed by atoms with Crippen LogP contribution >= 0.6 is 0 Å². The first-order valence-electron chi connectivity index (χ1n) is 5.41. The topological polar surface area (TPSA) is 17.1 Å². The van der Waals surface area contributed by atoms with Gasteiger partial charge in [-0.3, -0.25) is 0 Å². The molecule has 0 radical (unpaired) electrons. The Labute approximate surface area is 85.2 Å². The predicted octanol–water partition coefficient (Wildman–Crippen LogP) is 3.19. The van der Waals surface area contributed by atoms with Crippen LogP contribution in [0.5, 0.6) is 0 Å². The van der Waals surface area contributed by atoms with E-state index in [-0.39, 0.29) is 0 Å². The monoisotopic (exact) mass is 188 g/mol. The molecule has 2 aliphatic carbocycles. The van der Waals surface area contributed by atoms with Crippen LogP contribution in [-0.2, 0) is 4.79 Å². The average molecular weight is 188 g/mol. The number of fused-ring (bicyclic) bond motifs is 1. The first-order valence-corrected chi connectivity index (χ1v) is 5.41. The van der Waals surface area contributed by atoms with Crippen LogP contribution in [0.15, 0.2) is 35.5 Å². The van der Waals surface area contributed by atoms with Crippen LogP contribution in [0.25, 0.3) is 0 Å². The number of aldehydes is 1. The molecule has 0 heterocycles. The van der Waals surface area contributed by atoms with Crippen molar-refractivity contribution in [3.8, 4) is 0 Å². The first kappa shape index (κ1) is 9.45. The molecule has 0 fully saturated rings. The molecule has 1 unspecified atom stereocenters. The fourth-order valence-corrected chi connectivity index (χ4v) is 2.21. The third kappa shape index (κ3) is 2.03. The van der Waals surface area contributed by atoms with Crippen molar-refractivity contribution in [2.45, 2.75) is 32.1 Å². The van der Waals surface area contributed by atoms with E-state index < -0.39 is 0 Å². The lowest BCUT2D eigenvalue weighted by Crippen LogP contribution is -2.09. The van der Waals surface area contributed by atoms with E-state index in [4.69, 9.17) is 0 Å². The van der Waals surface area contributed by atoms with E-state index in [1.54, 1.807) is 0 Å². The molecule has 74 valence electrons. The molecule has 0 aliphatic heterocycles. The summed E-state index contributed by atoms with van der Waals surface area (Å²) in [4.78, 5) is 10.3. The molecule has 0 spiro atoms. The van der Waals surface area contributed by atoms with Gasteiger partial charge in [-0.15, -0.1) is 0 Å². The van der Waals surface area contributed by atoms with E-state index in [0.29, 0.717) is 6.42 Å². The van der Waals surface area contributed by atoms with Gasteiger partial charge in [0.15, 0.2) is 0 Å². The van der Waals surface area contributed by atoms with E-state index in [2.05, 4.69) is 24.3 Å². The number of carbonyl (C=O) groups is 1. The van der Waals surface area contributed by atoms with Gasteiger partial charge in [-0.2, -0.15) is 0 Å². The molecule has 0 amide bonds. The molecule has 1 nitrogen and oxygen atoms in total. The minimum absolute atomic E-state index is 0.657. The lowest BCUT2D eigenvalue weighted by Gasteiger charge is -2.24. The van der Waals surface area contributed by atoms with Gasteiger partial charge in [0.2, 0.25) is 0 Å². The third-order valence-corrected chi connectivity index (χ3v) is 3.03. The number of carbonyl (C=O) groups excluding carboxylic acids is 1. The number of allylic oxidation sites excluding steroid dienone is 6. The molecule has 0 N–H and O–H groups in total. The standard InChI is InChI=1S/C13H16O/c14-9-3-4-11-7-8-12-5-1-2-6-13(12)10-11/h2,6-7,9-10,12H,1,3-5,8H2. The second-order valence-corrected chi connectivity index (χ2v) is 4.04. The van der Waals surface area contributed by atoms with Gasteiger partial charge >= 0.3 is 0 Å². The summed E-state index contributed by atoms with van der Waals surface area (Å²) in [6.45, 7) is 0. The van der Waals surface area contributed by atoms with E-state index in [1.807, 2.05) is 0 Å². The van der Waals surface area contributed by atoms with Crippen molar-refractivity contribution < 1.29 is 4.79 Å². The Morgan fingerprint density at radius 1 is 1.50 bits per heavy atom. The quantitative estimate of drug-likeness (QED) is 0.622. The molecule has 0 aromatic carbocycles. The summed E-state index contributed by atoms with van der Waals surface area (Å²) < 4.78 is 0. The van der Waals surface area contributed by atoms with Crippen molar-refractivity contribution in [1.29, 1.82) is 0 Å². The van der Waals surface area contributed by atoms with Crippen LogP contribution < -0.4 is 0 Å². The van der Waals surface area contributed by atoms with Gasteiger partial charge in [-0.1, -0.05) is 29.9 Å². The van der Waals surface area contributed by atoms with Crippen LogP contribution in [0.4, 0.5) is 0 Å². The van der Waals surface area contributed by atoms with Crippen molar-refractivity contribution in [3.05, 3.63) is 35.5 Å². The molecule has 0 aromatic heterocycles. The molecular weight excluding hydrogens is 172 g/mol. The van der Waals surface area contributed by atoms with Gasteiger partial charge in [-0.05, 0) is 37.2 Å². The second-order valence-electron chi connectivity index (χ2n) is 4.04. The summed E-state index contributed by atoms with van der Waals surface area (Å²) in [5, 5.41) is 0. The Bertz CT molecular complexity index is 307. The van der Waals surface area contributed by atoms with E-state index in [1.165, 1.54) is 30.4 Å². The molecule has 14 heavy (non-hydrogen) atoms. The largest absolute Gasteiger partial charge is 0.303 e. The Morgan fingerprint density at radius 2 is 2.43 bits per heavy atom. The highest BCUT2D eigenvalue weighted by Gasteiger charge is 2.17. The zero-order chi connectivity index (χ0) is 9.80. The van der Waals surface area contributed by atoms with Gasteiger partial charge in [0, 0.05) is 6.42 Å². The fraction of sp³-hybridized carbons (Fsp3) is 0.462. The van der Waals surface area contributed by atoms with Crippen molar-refractivity contribution in [2.24, 2.45) is 5.92 Å². The van der Waals surface area contributed by atoms with Gasteiger partial charge < -0.3 is 4.79 Å². The van der Waals surface area contributed by atoms with Crippen LogP contribution in [0.1, 0.15) is 32.1 Å². The summed E-state index contributed by atoms with van der Waals surface area (Å²) in [7, 11) is 0. The van der Waals surface area contributed by atoms with Crippen molar-refractivity contribution >= 4 is 6.29 Å². The Kier molecular flexibility index (Phi) is 2.97. The molecule has 2 rings (SSSR count). The highest BCUT2D eigenvalue weighted by molar-refractivity contribution is 5.51. The summed E-state index contributed by atoms with van der Waals surface area (Å²) in [6, 6.07) is 0. The lowest BCUT2D eigenvalue weighted by molar-refractivity contribution is -0.107. The van der Waals surface area contributed by atoms with Crippen LogP contribution in [0.2, 0.25) is 0 Å². The molecule has 1 atom stereocenters. The number of rotatable bonds is 3. The van der Waals surface area contributed by atoms with Crippen molar-refractivity contribution in [3.63, 3.8) is 0 Å². The molecule has 0 bridgehead atoms. The summed E-state index contributed by atoms with van der Waals surface area (Å²) in [6.07, 6.45) is 15.3. The highest BCUT2D eigenvalue weighted by Crippen LogP contribution is 2.32. The minimum atomic E-state index is 0.657. The van der Waals surface area contributed by atoms with E-state index >= 15 is 0 Å². The zero-order valence-electron chi connectivity index (χ0n) is 8.41. The summed E-state index contributed by atoms with van der Waals surface area (Å²) >= 11 is 0. The number of hydrogen-bond acceptors (Lipinski definition) is 1. The first-order chi connectivity index (χ1) is 6.90. The molecule has 2 aliphatic rings. The normalized spacial score (nSPS) is 25.0. The SMILES string of the molecule is O=CCCC1=CCC2CCC=CC2=C1. The summed E-state index contributed by atoms with van der Waals surface area (Å²) in [5.41, 5.74) is 2.81. The zero-order valence-corrected chi connectivity index (χ0v) is 8.41. The van der Waals surface area contributed by atoms with E-state index in [9.17, 15) is 4.79 Å². The highest BCUT2D eigenvalue weighted by atomic mass is 16.1. The Hall–Kier alpha value is -1.11. The Morgan fingerprint density at radius 3 is 3.29 bits per heavy atom. The predicted molar refractivity (Wildman–Crippen MR) is 57.9 cm³/mol. The molecule has 0 saturated carbocycles. The van der Waals surface area contributed by atoms with Crippen LogP contribution in [0.3, 0.4) is 0 Å². The molecule has 0 aromatic rings. The third-order valence-electron chi connectivity index (χ3n) is 3.03. The number of hydrogen-bond donors (Lipinski definition) is 0. The fourth-order valence-electron chi connectivity index (χ4n) is 2.21. The maximum Gasteiger partial charge on any atom is 0.120 e. The molecular formula is C13H16O. The van der Waals surface area contributed by atoms with Gasteiger partial charge in [0.25, 0.3) is 0 Å². The average Bonchev–Trinajstić information content (AvgIpc) is 2.26. The molecule has 1 heteroatoms. The van der Waals surface area contributed by atoms with Gasteiger partial charge in [0.1, 0.15) is 6.29 Å².